The number of likely N-dealkylation sites (N-methyl/N-ethyl adjacent to an activating group) is 2. The Morgan fingerprint density at radius 3 is 2.69 bits per heavy atom. The van der Waals surface area contributed by atoms with Crippen molar-refractivity contribution in [1.82, 2.24) is 15.1 Å². The van der Waals surface area contributed by atoms with Gasteiger partial charge in [0.25, 0.3) is 11.8 Å². The van der Waals surface area contributed by atoms with Crippen molar-refractivity contribution in [3.8, 4) is 11.3 Å². The Morgan fingerprint density at radius 2 is 2.07 bits per heavy atom. The van der Waals surface area contributed by atoms with E-state index in [2.05, 4.69) is 17.3 Å². The monoisotopic (exact) mass is 427 g/mol. The molecule has 2 amide bonds. The Balaban J connectivity index is 1.46. The fourth-order valence-corrected chi connectivity index (χ4v) is 4.53. The van der Waals surface area contributed by atoms with Gasteiger partial charge < -0.3 is 19.5 Å². The Labute approximate surface area is 178 Å². The van der Waals surface area contributed by atoms with E-state index in [0.29, 0.717) is 26.3 Å². The van der Waals surface area contributed by atoms with Crippen molar-refractivity contribution in [3.05, 3.63) is 52.6 Å². The average Bonchev–Trinajstić information content (AvgIpc) is 3.42. The van der Waals surface area contributed by atoms with E-state index < -0.39 is 0 Å². The second kappa shape index (κ2) is 8.14. The quantitative estimate of drug-likeness (QED) is 0.597. The number of hydrogen-bond acceptors (Lipinski definition) is 6. The van der Waals surface area contributed by atoms with Gasteiger partial charge in [0.1, 0.15) is 15.8 Å². The number of nitrogens with one attached hydrogen (secondary N) is 1. The first-order chi connectivity index (χ1) is 13.9. The molecule has 2 aliphatic heterocycles. The van der Waals surface area contributed by atoms with Crippen molar-refractivity contribution >= 4 is 46.2 Å². The summed E-state index contributed by atoms with van der Waals surface area (Å²) < 4.78 is 6.29. The Hall–Kier alpha value is -2.42. The van der Waals surface area contributed by atoms with Crippen LogP contribution in [-0.4, -0.2) is 59.2 Å². The standard InChI is InChI=1S/C21H21N3O3S2/c1-23-10-9-15(12-23)24(2)20(26)14-5-3-13(4-6-14)17-8-7-16(27-17)11-18-19(25)22-21(28)29-18/h3-8,11,15H,9-10,12H2,1-2H3,(H,22,25,28)/b18-11+. The summed E-state index contributed by atoms with van der Waals surface area (Å²) in [5.41, 5.74) is 1.53. The van der Waals surface area contributed by atoms with Crippen LogP contribution in [0, 0.1) is 0 Å². The summed E-state index contributed by atoms with van der Waals surface area (Å²) >= 11 is 6.21. The highest BCUT2D eigenvalue weighted by molar-refractivity contribution is 8.26. The fourth-order valence-electron chi connectivity index (χ4n) is 3.51. The zero-order chi connectivity index (χ0) is 20.5. The van der Waals surface area contributed by atoms with E-state index in [0.717, 1.165) is 25.1 Å². The van der Waals surface area contributed by atoms with Gasteiger partial charge in [-0.15, -0.1) is 0 Å². The van der Waals surface area contributed by atoms with E-state index in [1.165, 1.54) is 11.8 Å². The molecule has 29 heavy (non-hydrogen) atoms. The van der Waals surface area contributed by atoms with Crippen molar-refractivity contribution in [2.24, 2.45) is 0 Å². The summed E-state index contributed by atoms with van der Waals surface area (Å²) in [4.78, 5) is 29.1. The van der Waals surface area contributed by atoms with Gasteiger partial charge in [0.2, 0.25) is 0 Å². The minimum Gasteiger partial charge on any atom is -0.457 e. The molecular formula is C21H21N3O3S2. The maximum absolute atomic E-state index is 12.8. The molecule has 1 unspecified atom stereocenters. The summed E-state index contributed by atoms with van der Waals surface area (Å²) in [6.07, 6.45) is 2.68. The van der Waals surface area contributed by atoms with Crippen molar-refractivity contribution in [1.29, 1.82) is 0 Å². The largest absolute Gasteiger partial charge is 0.457 e. The smallest absolute Gasteiger partial charge is 0.263 e. The molecule has 0 aliphatic carbocycles. The SMILES string of the molecule is CN1CCC(N(C)C(=O)c2ccc(-c3ccc(/C=C4/SC(=S)NC4=O)o3)cc2)C1. The second-order valence-corrected chi connectivity index (χ2v) is 8.97. The van der Waals surface area contributed by atoms with E-state index in [1.54, 1.807) is 12.1 Å². The molecule has 3 heterocycles. The first kappa shape index (κ1) is 19.9. The van der Waals surface area contributed by atoms with Crippen molar-refractivity contribution in [2.45, 2.75) is 12.5 Å². The van der Waals surface area contributed by atoms with Crippen LogP contribution in [0.4, 0.5) is 0 Å². The second-order valence-electron chi connectivity index (χ2n) is 7.25. The third kappa shape index (κ3) is 4.29. The summed E-state index contributed by atoms with van der Waals surface area (Å²) in [6.45, 7) is 1.93. The minimum atomic E-state index is -0.210. The number of amides is 2. The number of thioether (sulfide) groups is 1. The van der Waals surface area contributed by atoms with E-state index in [1.807, 2.05) is 42.3 Å². The van der Waals surface area contributed by atoms with Gasteiger partial charge in [-0.3, -0.25) is 9.59 Å². The molecule has 1 aromatic carbocycles. The van der Waals surface area contributed by atoms with E-state index >= 15 is 0 Å². The number of benzene rings is 1. The summed E-state index contributed by atoms with van der Waals surface area (Å²) in [5, 5.41) is 2.58. The maximum atomic E-state index is 12.8. The van der Waals surface area contributed by atoms with Crippen LogP contribution in [0.5, 0.6) is 0 Å². The molecule has 0 saturated carbocycles. The molecule has 2 aliphatic rings. The first-order valence-corrected chi connectivity index (χ1v) is 10.5. The number of nitrogens with zero attached hydrogens (tertiary/aromatic N) is 2. The zero-order valence-electron chi connectivity index (χ0n) is 16.2. The van der Waals surface area contributed by atoms with Crippen LogP contribution in [0.2, 0.25) is 0 Å². The van der Waals surface area contributed by atoms with Gasteiger partial charge in [0.15, 0.2) is 0 Å². The Morgan fingerprint density at radius 1 is 1.31 bits per heavy atom. The molecule has 4 rings (SSSR count). The highest BCUT2D eigenvalue weighted by atomic mass is 32.2. The highest BCUT2D eigenvalue weighted by Crippen LogP contribution is 2.29. The number of likely N-dealkylation sites (tertiary alicyclic amines) is 1. The molecule has 0 spiro atoms. The third-order valence-corrected chi connectivity index (χ3v) is 6.36. The number of carbonyl (C=O) groups excluding carboxylic acids is 2. The number of furan rings is 1. The van der Waals surface area contributed by atoms with E-state index in [4.69, 9.17) is 16.6 Å². The highest BCUT2D eigenvalue weighted by Gasteiger charge is 2.27. The molecule has 0 radical (unpaired) electrons. The molecule has 1 N–H and O–H groups in total. The Kier molecular flexibility index (Phi) is 5.58. The molecular weight excluding hydrogens is 406 g/mol. The minimum absolute atomic E-state index is 0.0296. The first-order valence-electron chi connectivity index (χ1n) is 9.31. The van der Waals surface area contributed by atoms with Gasteiger partial charge in [0, 0.05) is 36.8 Å². The van der Waals surface area contributed by atoms with Crippen molar-refractivity contribution in [2.75, 3.05) is 27.2 Å². The Bertz CT molecular complexity index is 997. The van der Waals surface area contributed by atoms with E-state index in [-0.39, 0.29) is 17.9 Å². The van der Waals surface area contributed by atoms with Crippen LogP contribution in [0.15, 0.2) is 45.7 Å². The fraction of sp³-hybridized carbons (Fsp3) is 0.286. The summed E-state index contributed by atoms with van der Waals surface area (Å²) in [5.74, 6) is 1.07. The number of hydrogen-bond donors (Lipinski definition) is 1. The van der Waals surface area contributed by atoms with Crippen LogP contribution in [0.3, 0.4) is 0 Å². The lowest BCUT2D eigenvalue weighted by atomic mass is 10.1. The van der Waals surface area contributed by atoms with Crippen molar-refractivity contribution < 1.29 is 14.0 Å². The molecule has 2 saturated heterocycles. The van der Waals surface area contributed by atoms with E-state index in [9.17, 15) is 9.59 Å². The van der Waals surface area contributed by atoms with Gasteiger partial charge in [-0.05, 0) is 44.3 Å². The molecule has 8 heteroatoms. The van der Waals surface area contributed by atoms with Crippen LogP contribution >= 0.6 is 24.0 Å². The molecule has 2 aromatic rings. The molecule has 2 fully saturated rings. The topological polar surface area (TPSA) is 65.8 Å². The normalized spacial score (nSPS) is 21.0. The van der Waals surface area contributed by atoms with Gasteiger partial charge in [-0.2, -0.15) is 0 Å². The lowest BCUT2D eigenvalue weighted by Gasteiger charge is -2.24. The zero-order valence-corrected chi connectivity index (χ0v) is 17.8. The predicted molar refractivity (Wildman–Crippen MR) is 118 cm³/mol. The third-order valence-electron chi connectivity index (χ3n) is 5.19. The predicted octanol–water partition coefficient (Wildman–Crippen LogP) is 3.21. The number of rotatable bonds is 4. The molecule has 1 aromatic heterocycles. The summed E-state index contributed by atoms with van der Waals surface area (Å²) in [6, 6.07) is 11.3. The van der Waals surface area contributed by atoms with Gasteiger partial charge in [-0.1, -0.05) is 36.1 Å². The average molecular weight is 428 g/mol. The van der Waals surface area contributed by atoms with Gasteiger partial charge in [0.05, 0.1) is 4.91 Å². The van der Waals surface area contributed by atoms with Crippen LogP contribution in [0.1, 0.15) is 22.5 Å². The molecule has 1 atom stereocenters. The molecule has 150 valence electrons. The van der Waals surface area contributed by atoms with Crippen LogP contribution in [0.25, 0.3) is 17.4 Å². The van der Waals surface area contributed by atoms with Crippen molar-refractivity contribution in [3.63, 3.8) is 0 Å². The summed E-state index contributed by atoms with van der Waals surface area (Å²) in [7, 11) is 3.95. The number of carbonyl (C=O) groups is 2. The van der Waals surface area contributed by atoms with Crippen LogP contribution < -0.4 is 5.32 Å². The van der Waals surface area contributed by atoms with Gasteiger partial charge in [-0.25, -0.2) is 0 Å². The molecule has 0 bridgehead atoms. The van der Waals surface area contributed by atoms with Crippen LogP contribution in [-0.2, 0) is 4.79 Å². The maximum Gasteiger partial charge on any atom is 0.263 e. The lowest BCUT2D eigenvalue weighted by molar-refractivity contribution is -0.115. The van der Waals surface area contributed by atoms with Gasteiger partial charge >= 0.3 is 0 Å². The number of thiocarbonyl (C=S) groups is 1. The lowest BCUT2D eigenvalue weighted by Crippen LogP contribution is -2.38. The molecule has 6 nitrogen and oxygen atoms in total.